The second-order valence-electron chi connectivity index (χ2n) is 6.12. The van der Waals surface area contributed by atoms with Crippen molar-refractivity contribution in [3.05, 3.63) is 35.4 Å². The summed E-state index contributed by atoms with van der Waals surface area (Å²) in [4.78, 5) is 26.7. The zero-order valence-electron chi connectivity index (χ0n) is 12.5. The first-order valence-electron chi connectivity index (χ1n) is 7.82. The van der Waals surface area contributed by atoms with Gasteiger partial charge in [0, 0.05) is 18.7 Å². The standard InChI is InChI=1S/C17H22N2O2/c1-19-15(16(20)18-13-7-3-4-8-13)11-10-12-6-2-5-9-14(12)17(19)21/h2,5-6,9,13,15H,3-4,7-8,10-11H2,1H3,(H,18,20). The minimum Gasteiger partial charge on any atom is -0.352 e. The Morgan fingerprint density at radius 3 is 2.67 bits per heavy atom. The van der Waals surface area contributed by atoms with E-state index in [1.807, 2.05) is 24.3 Å². The number of nitrogens with one attached hydrogen (secondary N) is 1. The molecule has 0 aromatic heterocycles. The fourth-order valence-electron chi connectivity index (χ4n) is 3.44. The Bertz CT molecular complexity index is 549. The highest BCUT2D eigenvalue weighted by Crippen LogP contribution is 2.23. The molecule has 0 bridgehead atoms. The average Bonchev–Trinajstić information content (AvgIpc) is 2.95. The Labute approximate surface area is 125 Å². The Morgan fingerprint density at radius 1 is 1.19 bits per heavy atom. The highest BCUT2D eigenvalue weighted by molar-refractivity contribution is 5.99. The molecule has 4 heteroatoms. The van der Waals surface area contributed by atoms with Crippen LogP contribution in [0.15, 0.2) is 24.3 Å². The smallest absolute Gasteiger partial charge is 0.254 e. The molecular weight excluding hydrogens is 264 g/mol. The number of nitrogens with zero attached hydrogens (tertiary/aromatic N) is 1. The molecule has 0 saturated heterocycles. The van der Waals surface area contributed by atoms with Gasteiger partial charge in [-0.05, 0) is 37.3 Å². The summed E-state index contributed by atoms with van der Waals surface area (Å²) >= 11 is 0. The number of amides is 2. The molecule has 1 aliphatic carbocycles. The van der Waals surface area contributed by atoms with Gasteiger partial charge in [-0.3, -0.25) is 9.59 Å². The van der Waals surface area contributed by atoms with Crippen molar-refractivity contribution in [2.45, 2.75) is 50.6 Å². The van der Waals surface area contributed by atoms with Crippen molar-refractivity contribution >= 4 is 11.8 Å². The van der Waals surface area contributed by atoms with E-state index in [1.54, 1.807) is 11.9 Å². The van der Waals surface area contributed by atoms with Crippen molar-refractivity contribution in [1.82, 2.24) is 10.2 Å². The topological polar surface area (TPSA) is 49.4 Å². The van der Waals surface area contributed by atoms with Crippen molar-refractivity contribution in [2.75, 3.05) is 7.05 Å². The molecule has 1 aromatic carbocycles. The third kappa shape index (κ3) is 2.80. The second kappa shape index (κ2) is 5.88. The molecule has 2 aliphatic rings. The van der Waals surface area contributed by atoms with Gasteiger partial charge in [-0.1, -0.05) is 31.0 Å². The van der Waals surface area contributed by atoms with Gasteiger partial charge in [0.2, 0.25) is 5.91 Å². The Balaban J connectivity index is 1.75. The minimum absolute atomic E-state index is 0.00514. The van der Waals surface area contributed by atoms with Gasteiger partial charge in [-0.2, -0.15) is 0 Å². The van der Waals surface area contributed by atoms with E-state index in [9.17, 15) is 9.59 Å². The Kier molecular flexibility index (Phi) is 3.95. The van der Waals surface area contributed by atoms with Crippen LogP contribution in [0.1, 0.15) is 48.0 Å². The van der Waals surface area contributed by atoms with E-state index in [1.165, 1.54) is 12.8 Å². The normalized spacial score (nSPS) is 22.8. The molecule has 3 rings (SSSR count). The van der Waals surface area contributed by atoms with Crippen LogP contribution in [0.5, 0.6) is 0 Å². The molecule has 1 saturated carbocycles. The first-order valence-corrected chi connectivity index (χ1v) is 7.82. The summed E-state index contributed by atoms with van der Waals surface area (Å²) in [5, 5.41) is 3.12. The highest BCUT2D eigenvalue weighted by atomic mass is 16.2. The minimum atomic E-state index is -0.356. The molecule has 1 fully saturated rings. The molecule has 1 unspecified atom stereocenters. The largest absolute Gasteiger partial charge is 0.352 e. The molecular formula is C17H22N2O2. The summed E-state index contributed by atoms with van der Waals surface area (Å²) in [6, 6.07) is 7.61. The van der Waals surface area contributed by atoms with E-state index in [0.29, 0.717) is 12.5 Å². The van der Waals surface area contributed by atoms with Crippen molar-refractivity contribution in [3.63, 3.8) is 0 Å². The number of carbonyl (C=O) groups excluding carboxylic acids is 2. The SMILES string of the molecule is CN1C(=O)c2ccccc2CCC1C(=O)NC1CCCC1. The number of hydrogen-bond acceptors (Lipinski definition) is 2. The van der Waals surface area contributed by atoms with E-state index in [0.717, 1.165) is 30.4 Å². The zero-order valence-corrected chi connectivity index (χ0v) is 12.5. The number of carbonyl (C=O) groups is 2. The second-order valence-corrected chi connectivity index (χ2v) is 6.12. The molecule has 112 valence electrons. The molecule has 21 heavy (non-hydrogen) atoms. The molecule has 1 atom stereocenters. The van der Waals surface area contributed by atoms with Crippen LogP contribution in [-0.4, -0.2) is 35.8 Å². The van der Waals surface area contributed by atoms with Crippen molar-refractivity contribution in [3.8, 4) is 0 Å². The molecule has 1 aromatic rings. The third-order valence-electron chi connectivity index (χ3n) is 4.73. The number of likely N-dealkylation sites (N-methyl/N-ethyl adjacent to an activating group) is 1. The van der Waals surface area contributed by atoms with Crippen LogP contribution >= 0.6 is 0 Å². The van der Waals surface area contributed by atoms with Crippen LogP contribution in [0.25, 0.3) is 0 Å². The van der Waals surface area contributed by atoms with E-state index in [4.69, 9.17) is 0 Å². The van der Waals surface area contributed by atoms with Crippen LogP contribution in [0.3, 0.4) is 0 Å². The van der Waals surface area contributed by atoms with Gasteiger partial charge in [-0.15, -0.1) is 0 Å². The average molecular weight is 286 g/mol. The summed E-state index contributed by atoms with van der Waals surface area (Å²) in [5.74, 6) is -0.0415. The van der Waals surface area contributed by atoms with Crippen LogP contribution in [-0.2, 0) is 11.2 Å². The molecule has 0 spiro atoms. The van der Waals surface area contributed by atoms with E-state index < -0.39 is 0 Å². The van der Waals surface area contributed by atoms with Crippen LogP contribution in [0, 0.1) is 0 Å². The van der Waals surface area contributed by atoms with Gasteiger partial charge in [-0.25, -0.2) is 0 Å². The van der Waals surface area contributed by atoms with Gasteiger partial charge < -0.3 is 10.2 Å². The molecule has 2 amide bonds. The molecule has 1 aliphatic heterocycles. The van der Waals surface area contributed by atoms with Crippen LogP contribution in [0.2, 0.25) is 0 Å². The van der Waals surface area contributed by atoms with Crippen molar-refractivity contribution in [2.24, 2.45) is 0 Å². The number of aryl methyl sites for hydroxylation is 1. The molecule has 0 radical (unpaired) electrons. The summed E-state index contributed by atoms with van der Waals surface area (Å²) in [5.41, 5.74) is 1.78. The predicted octanol–water partition coefficient (Wildman–Crippen LogP) is 2.13. The monoisotopic (exact) mass is 286 g/mol. The molecule has 1 N–H and O–H groups in total. The van der Waals surface area contributed by atoms with Crippen LogP contribution in [0.4, 0.5) is 0 Å². The Morgan fingerprint density at radius 2 is 1.90 bits per heavy atom. The lowest BCUT2D eigenvalue weighted by Crippen LogP contribution is -2.49. The quantitative estimate of drug-likeness (QED) is 0.905. The van der Waals surface area contributed by atoms with Gasteiger partial charge in [0.05, 0.1) is 0 Å². The molecule has 1 heterocycles. The lowest BCUT2D eigenvalue weighted by Gasteiger charge is -2.26. The fraction of sp³-hybridized carbons (Fsp3) is 0.529. The fourth-order valence-corrected chi connectivity index (χ4v) is 3.44. The summed E-state index contributed by atoms with van der Waals surface area (Å²) in [6.45, 7) is 0. The summed E-state index contributed by atoms with van der Waals surface area (Å²) in [7, 11) is 1.74. The predicted molar refractivity (Wildman–Crippen MR) is 81.0 cm³/mol. The maximum absolute atomic E-state index is 12.5. The number of hydrogen-bond donors (Lipinski definition) is 1. The number of fused-ring (bicyclic) bond motifs is 1. The Hall–Kier alpha value is -1.84. The van der Waals surface area contributed by atoms with Gasteiger partial charge in [0.1, 0.15) is 6.04 Å². The van der Waals surface area contributed by atoms with Crippen LogP contribution < -0.4 is 5.32 Å². The molecule has 4 nitrogen and oxygen atoms in total. The van der Waals surface area contributed by atoms with Gasteiger partial charge in [0.15, 0.2) is 0 Å². The lowest BCUT2D eigenvalue weighted by molar-refractivity contribution is -0.126. The van der Waals surface area contributed by atoms with E-state index >= 15 is 0 Å². The summed E-state index contributed by atoms with van der Waals surface area (Å²) in [6.07, 6.45) is 5.98. The van der Waals surface area contributed by atoms with Crippen molar-refractivity contribution in [1.29, 1.82) is 0 Å². The number of benzene rings is 1. The maximum Gasteiger partial charge on any atom is 0.254 e. The zero-order chi connectivity index (χ0) is 14.8. The first-order chi connectivity index (χ1) is 10.2. The van der Waals surface area contributed by atoms with Crippen molar-refractivity contribution < 1.29 is 9.59 Å². The van der Waals surface area contributed by atoms with Gasteiger partial charge in [0.25, 0.3) is 5.91 Å². The maximum atomic E-state index is 12.5. The van der Waals surface area contributed by atoms with Gasteiger partial charge >= 0.3 is 0 Å². The third-order valence-corrected chi connectivity index (χ3v) is 4.73. The van der Waals surface area contributed by atoms with E-state index in [2.05, 4.69) is 5.32 Å². The first kappa shape index (κ1) is 14.1. The van der Waals surface area contributed by atoms with E-state index in [-0.39, 0.29) is 17.9 Å². The lowest BCUT2D eigenvalue weighted by atomic mass is 10.0. The highest BCUT2D eigenvalue weighted by Gasteiger charge is 2.32. The number of rotatable bonds is 2. The summed E-state index contributed by atoms with van der Waals surface area (Å²) < 4.78 is 0.